The number of amides is 1. The smallest absolute Gasteiger partial charge is 0.387 e. The second kappa shape index (κ2) is 13.0. The van der Waals surface area contributed by atoms with Crippen molar-refractivity contribution < 1.29 is 18.3 Å². The lowest BCUT2D eigenvalue weighted by molar-refractivity contribution is -0.122. The zero-order valence-corrected chi connectivity index (χ0v) is 19.5. The van der Waals surface area contributed by atoms with Crippen LogP contribution in [0.3, 0.4) is 0 Å². The van der Waals surface area contributed by atoms with E-state index in [1.165, 1.54) is 12.1 Å². The summed E-state index contributed by atoms with van der Waals surface area (Å²) in [7, 11) is 3.27. The van der Waals surface area contributed by atoms with Crippen LogP contribution in [0.5, 0.6) is 5.75 Å². The Morgan fingerprint density at radius 2 is 2.07 bits per heavy atom. The van der Waals surface area contributed by atoms with Crippen molar-refractivity contribution in [3.8, 4) is 5.75 Å². The molecule has 1 fully saturated rings. The summed E-state index contributed by atoms with van der Waals surface area (Å²) in [6.45, 7) is -0.654. The maximum absolute atomic E-state index is 12.6. The minimum Gasteiger partial charge on any atom is -0.434 e. The third-order valence-electron chi connectivity index (χ3n) is 4.48. The summed E-state index contributed by atoms with van der Waals surface area (Å²) in [6.07, 6.45) is 1.74. The molecule has 0 radical (unpaired) electrons. The number of rotatable bonds is 7. The van der Waals surface area contributed by atoms with Gasteiger partial charge in [-0.2, -0.15) is 8.78 Å². The first kappa shape index (κ1) is 25.6. The molecule has 0 spiro atoms. The molecule has 2 rings (SSSR count). The van der Waals surface area contributed by atoms with Crippen molar-refractivity contribution in [1.29, 1.82) is 0 Å². The fraction of sp³-hybridized carbons (Fsp3) is 0.556. The number of carbonyl (C=O) groups excluding carboxylic acids is 1. The highest BCUT2D eigenvalue weighted by Crippen LogP contribution is 2.24. The Labute approximate surface area is 191 Å². The highest BCUT2D eigenvalue weighted by molar-refractivity contribution is 14.0. The van der Waals surface area contributed by atoms with Crippen LogP contribution in [0.4, 0.5) is 8.78 Å². The molecule has 0 unspecified atom stereocenters. The average Bonchev–Trinajstić information content (AvgIpc) is 2.67. The first-order chi connectivity index (χ1) is 13.4. The molecule has 1 aromatic rings. The highest BCUT2D eigenvalue weighted by atomic mass is 127. The summed E-state index contributed by atoms with van der Waals surface area (Å²) in [5.41, 5.74) is 0.510. The molecular weight excluding hydrogens is 519 g/mol. The molecule has 0 aliphatic carbocycles. The molecule has 1 aliphatic heterocycles. The fourth-order valence-electron chi connectivity index (χ4n) is 2.98. The molecule has 0 atom stereocenters. The summed E-state index contributed by atoms with van der Waals surface area (Å²) in [5.74, 6) is 0.643. The minimum absolute atomic E-state index is 0. The van der Waals surface area contributed by atoms with Crippen LogP contribution in [0.15, 0.2) is 23.2 Å². The number of aliphatic imine (C=N–C) groups is 1. The van der Waals surface area contributed by atoms with Gasteiger partial charge in [0.2, 0.25) is 5.91 Å². The first-order valence-corrected chi connectivity index (χ1v) is 9.42. The Kier molecular flexibility index (Phi) is 11.5. The number of hydrogen-bond donors (Lipinski definition) is 3. The van der Waals surface area contributed by atoms with E-state index < -0.39 is 6.61 Å². The van der Waals surface area contributed by atoms with Crippen LogP contribution in [0, 0.1) is 0 Å². The molecule has 164 valence electrons. The summed E-state index contributed by atoms with van der Waals surface area (Å²) < 4.78 is 29.7. The van der Waals surface area contributed by atoms with Gasteiger partial charge < -0.3 is 20.7 Å². The predicted octanol–water partition coefficient (Wildman–Crippen LogP) is 2.43. The number of piperidine rings is 1. The number of carbonyl (C=O) groups is 1. The number of alkyl halides is 2. The number of guanidine groups is 1. The number of ether oxygens (including phenoxy) is 1. The van der Waals surface area contributed by atoms with Crippen LogP contribution in [-0.4, -0.2) is 63.1 Å². The average molecular weight is 546 g/mol. The van der Waals surface area contributed by atoms with Gasteiger partial charge >= 0.3 is 6.61 Å². The molecule has 1 aliphatic rings. The number of hydrogen-bond acceptors (Lipinski definition) is 4. The zero-order valence-electron chi connectivity index (χ0n) is 16.4. The second-order valence-electron chi connectivity index (χ2n) is 6.42. The number of nitrogens with one attached hydrogen (secondary N) is 3. The number of benzene rings is 1. The maximum Gasteiger partial charge on any atom is 0.387 e. The Morgan fingerprint density at radius 1 is 1.38 bits per heavy atom. The van der Waals surface area contributed by atoms with Gasteiger partial charge in [0.1, 0.15) is 5.75 Å². The Hall–Kier alpha value is -1.40. The van der Waals surface area contributed by atoms with Crippen LogP contribution in [-0.2, 0) is 11.3 Å². The summed E-state index contributed by atoms with van der Waals surface area (Å²) in [6, 6.07) is 4.71. The minimum atomic E-state index is -2.91. The first-order valence-electron chi connectivity index (χ1n) is 9.04. The molecular formula is C18H27ClF2IN5O2. The van der Waals surface area contributed by atoms with E-state index in [0.29, 0.717) is 23.1 Å². The topological polar surface area (TPSA) is 78.0 Å². The van der Waals surface area contributed by atoms with Gasteiger partial charge in [0.15, 0.2) is 5.96 Å². The van der Waals surface area contributed by atoms with Crippen LogP contribution >= 0.6 is 35.6 Å². The van der Waals surface area contributed by atoms with Crippen molar-refractivity contribution >= 4 is 47.4 Å². The molecule has 11 heteroatoms. The lowest BCUT2D eigenvalue weighted by Gasteiger charge is -2.32. The fourth-order valence-corrected chi connectivity index (χ4v) is 3.18. The quantitative estimate of drug-likeness (QED) is 0.279. The molecule has 1 saturated heterocycles. The molecule has 0 bridgehead atoms. The molecule has 1 amide bonds. The second-order valence-corrected chi connectivity index (χ2v) is 6.86. The van der Waals surface area contributed by atoms with Gasteiger partial charge in [0.25, 0.3) is 0 Å². The van der Waals surface area contributed by atoms with E-state index in [-0.39, 0.29) is 48.2 Å². The van der Waals surface area contributed by atoms with E-state index in [4.69, 9.17) is 11.6 Å². The number of likely N-dealkylation sites (N-methyl/N-ethyl adjacent to an activating group) is 1. The highest BCUT2D eigenvalue weighted by Gasteiger charge is 2.21. The van der Waals surface area contributed by atoms with Gasteiger partial charge in [-0.05, 0) is 31.0 Å². The SMILES string of the molecule is CN=C(NCc1cc(Cl)ccc1OC(F)F)NC1CCN(CC(=O)NC)CC1.I. The van der Waals surface area contributed by atoms with Crippen LogP contribution < -0.4 is 20.7 Å². The van der Waals surface area contributed by atoms with Gasteiger partial charge in [-0.15, -0.1) is 24.0 Å². The van der Waals surface area contributed by atoms with Crippen molar-refractivity contribution in [2.24, 2.45) is 4.99 Å². The van der Waals surface area contributed by atoms with E-state index in [1.54, 1.807) is 20.2 Å². The lowest BCUT2D eigenvalue weighted by atomic mass is 10.1. The normalized spacial score (nSPS) is 15.6. The zero-order chi connectivity index (χ0) is 20.5. The third kappa shape index (κ3) is 8.87. The Morgan fingerprint density at radius 3 is 2.66 bits per heavy atom. The van der Waals surface area contributed by atoms with Crippen LogP contribution in [0.1, 0.15) is 18.4 Å². The van der Waals surface area contributed by atoms with Crippen molar-refractivity contribution in [1.82, 2.24) is 20.9 Å². The largest absolute Gasteiger partial charge is 0.434 e. The van der Waals surface area contributed by atoms with Gasteiger partial charge in [-0.1, -0.05) is 11.6 Å². The van der Waals surface area contributed by atoms with E-state index in [2.05, 4.69) is 30.6 Å². The molecule has 3 N–H and O–H groups in total. The monoisotopic (exact) mass is 545 g/mol. The van der Waals surface area contributed by atoms with Crippen LogP contribution in [0.2, 0.25) is 5.02 Å². The van der Waals surface area contributed by atoms with E-state index in [9.17, 15) is 13.6 Å². The third-order valence-corrected chi connectivity index (χ3v) is 4.72. The summed E-state index contributed by atoms with van der Waals surface area (Å²) in [5, 5.41) is 9.49. The number of likely N-dealkylation sites (tertiary alicyclic amines) is 1. The van der Waals surface area contributed by atoms with Gasteiger partial charge in [-0.25, -0.2) is 0 Å². The predicted molar refractivity (Wildman–Crippen MR) is 120 cm³/mol. The molecule has 1 heterocycles. The molecule has 1 aromatic carbocycles. The molecule has 7 nitrogen and oxygen atoms in total. The van der Waals surface area contributed by atoms with Crippen LogP contribution in [0.25, 0.3) is 0 Å². The Bertz CT molecular complexity index is 688. The standard InChI is InChI=1S/C18H26ClF2N5O2.HI/c1-22-16(27)11-26-7-5-14(6-8-26)25-18(23-2)24-10-12-9-13(19)3-4-15(12)28-17(20)21;/h3-4,9,14,17H,5-8,10-11H2,1-2H3,(H,22,27)(H2,23,24,25);1H. The van der Waals surface area contributed by atoms with E-state index >= 15 is 0 Å². The van der Waals surface area contributed by atoms with Gasteiger partial charge in [0.05, 0.1) is 6.54 Å². The molecule has 0 aromatic heterocycles. The van der Waals surface area contributed by atoms with E-state index in [0.717, 1.165) is 25.9 Å². The van der Waals surface area contributed by atoms with Crippen molar-refractivity contribution in [3.63, 3.8) is 0 Å². The summed E-state index contributed by atoms with van der Waals surface area (Å²) >= 11 is 5.97. The molecule has 0 saturated carbocycles. The number of halogens is 4. The maximum atomic E-state index is 12.6. The van der Waals surface area contributed by atoms with Crippen molar-refractivity contribution in [2.45, 2.75) is 32.0 Å². The van der Waals surface area contributed by atoms with Gasteiger partial charge in [0, 0.05) is 50.4 Å². The Balaban J connectivity index is 0.00000420. The van der Waals surface area contributed by atoms with Gasteiger partial charge in [-0.3, -0.25) is 14.7 Å². The number of nitrogens with zero attached hydrogens (tertiary/aromatic N) is 2. The van der Waals surface area contributed by atoms with Crippen molar-refractivity contribution in [3.05, 3.63) is 28.8 Å². The van der Waals surface area contributed by atoms with E-state index in [1.807, 2.05) is 0 Å². The van der Waals surface area contributed by atoms with Crippen molar-refractivity contribution in [2.75, 3.05) is 33.7 Å². The molecule has 29 heavy (non-hydrogen) atoms. The lowest BCUT2D eigenvalue weighted by Crippen LogP contribution is -2.49. The summed E-state index contributed by atoms with van der Waals surface area (Å²) in [4.78, 5) is 17.7.